The molecule has 1 aromatic carbocycles. The van der Waals surface area contributed by atoms with Gasteiger partial charge in [0, 0.05) is 4.47 Å². The van der Waals surface area contributed by atoms with Crippen molar-refractivity contribution in [3.63, 3.8) is 0 Å². The average Bonchev–Trinajstić information content (AvgIpc) is 2.08. The van der Waals surface area contributed by atoms with E-state index in [1.807, 2.05) is 0 Å². The van der Waals surface area contributed by atoms with Crippen molar-refractivity contribution < 1.29 is 5.11 Å². The molecule has 0 amide bonds. The Balaban J connectivity index is 0.00000144. The molecule has 0 radical (unpaired) electrons. The van der Waals surface area contributed by atoms with Gasteiger partial charge < -0.3 is 5.11 Å². The van der Waals surface area contributed by atoms with Crippen molar-refractivity contribution in [2.24, 2.45) is 0 Å². The van der Waals surface area contributed by atoms with Gasteiger partial charge in [-0.05, 0) is 79.6 Å². The van der Waals surface area contributed by atoms with Gasteiger partial charge in [0.1, 0.15) is 5.75 Å². The van der Waals surface area contributed by atoms with Crippen molar-refractivity contribution in [3.8, 4) is 5.75 Å². The zero-order valence-electron chi connectivity index (χ0n) is 5.34. The van der Waals surface area contributed by atoms with Gasteiger partial charge in [0.25, 0.3) is 0 Å². The van der Waals surface area contributed by atoms with E-state index in [0.29, 0.717) is 8.95 Å². The molecule has 7 heteroatoms. The van der Waals surface area contributed by atoms with Gasteiger partial charge in [-0.2, -0.15) is 0 Å². The second-order valence-corrected chi connectivity index (χ2v) is 5.88. The van der Waals surface area contributed by atoms with Crippen LogP contribution in [0.1, 0.15) is 0 Å². The third kappa shape index (κ3) is 3.19. The molecule has 0 atom stereocenters. The normalized spacial score (nSPS) is 9.62. The number of benzene rings is 1. The van der Waals surface area contributed by atoms with Crippen LogP contribution in [0.4, 0.5) is 0 Å². The Morgan fingerprint density at radius 1 is 0.615 bits per heavy atom. The predicted molar refractivity (Wildman–Crippen MR) is 73.8 cm³/mol. The number of phenols is 1. The summed E-state index contributed by atoms with van der Waals surface area (Å²) >= 11 is 16.4. The number of phenolic OH excluding ortho intramolecular Hbond substituents is 1. The van der Waals surface area contributed by atoms with E-state index in [-0.39, 0.29) is 35.3 Å². The topological polar surface area (TPSA) is 20.2 Å². The van der Waals surface area contributed by atoms with Crippen molar-refractivity contribution in [2.75, 3.05) is 0 Å². The van der Waals surface area contributed by atoms with E-state index in [1.54, 1.807) is 0 Å². The first kappa shape index (κ1) is 15.4. The van der Waals surface area contributed by atoms with Crippen LogP contribution in [0.5, 0.6) is 5.75 Å². The van der Waals surface area contributed by atoms with Gasteiger partial charge in [-0.3, -0.25) is 0 Å². The standard InChI is InChI=1S/C6HBr5O.Na.H/c7-1-2(8)4(10)6(12)5(11)3(1)9;;/h12H;;. The SMILES string of the molecule is Oc1c(Br)c(Br)c(Br)c(Br)c1Br.[NaH]. The van der Waals surface area contributed by atoms with Crippen LogP contribution < -0.4 is 0 Å². The van der Waals surface area contributed by atoms with Crippen LogP contribution in [0.2, 0.25) is 0 Å². The van der Waals surface area contributed by atoms with E-state index in [9.17, 15) is 5.11 Å². The first-order valence-corrected chi connectivity index (χ1v) is 6.63. The molecule has 13 heavy (non-hydrogen) atoms. The molecular weight excluding hydrogens is 511 g/mol. The van der Waals surface area contributed by atoms with Crippen molar-refractivity contribution in [2.45, 2.75) is 0 Å². The summed E-state index contributed by atoms with van der Waals surface area (Å²) < 4.78 is 3.62. The van der Waals surface area contributed by atoms with Crippen LogP contribution in [0.25, 0.3) is 0 Å². The molecule has 0 unspecified atom stereocenters. The molecule has 0 spiro atoms. The Bertz CT molecular complexity index is 235. The number of aromatic hydroxyl groups is 1. The second-order valence-electron chi connectivity index (χ2n) is 1.92. The molecule has 0 aliphatic heterocycles. The van der Waals surface area contributed by atoms with Crippen molar-refractivity contribution in [1.82, 2.24) is 0 Å². The van der Waals surface area contributed by atoms with Gasteiger partial charge in [-0.15, -0.1) is 0 Å². The Hall–Kier alpha value is 2.42. The fourth-order valence-corrected chi connectivity index (χ4v) is 3.62. The summed E-state index contributed by atoms with van der Waals surface area (Å²) in [6.45, 7) is 0. The summed E-state index contributed by atoms with van der Waals surface area (Å²) in [7, 11) is 0. The van der Waals surface area contributed by atoms with Crippen LogP contribution in [0.3, 0.4) is 0 Å². The third-order valence-corrected chi connectivity index (χ3v) is 7.24. The quantitative estimate of drug-likeness (QED) is 0.307. The van der Waals surface area contributed by atoms with Gasteiger partial charge >= 0.3 is 29.6 Å². The maximum atomic E-state index is 9.52. The van der Waals surface area contributed by atoms with Gasteiger partial charge in [0.2, 0.25) is 0 Å². The first-order chi connectivity index (χ1) is 5.46. The van der Waals surface area contributed by atoms with Gasteiger partial charge in [-0.25, -0.2) is 0 Å². The molecule has 0 aliphatic rings. The van der Waals surface area contributed by atoms with Crippen molar-refractivity contribution in [1.29, 1.82) is 0 Å². The molecule has 0 aromatic heterocycles. The molecule has 0 bridgehead atoms. The number of rotatable bonds is 0. The Morgan fingerprint density at radius 2 is 0.846 bits per heavy atom. The van der Waals surface area contributed by atoms with Crippen LogP contribution in [-0.4, -0.2) is 34.7 Å². The molecule has 1 aromatic rings. The molecule has 1 nitrogen and oxygen atoms in total. The molecule has 0 heterocycles. The van der Waals surface area contributed by atoms with E-state index in [2.05, 4.69) is 79.6 Å². The molecule has 0 saturated carbocycles. The minimum absolute atomic E-state index is 0. The molecule has 0 aliphatic carbocycles. The van der Waals surface area contributed by atoms with E-state index in [1.165, 1.54) is 0 Å². The Labute approximate surface area is 140 Å². The van der Waals surface area contributed by atoms with Crippen molar-refractivity contribution in [3.05, 3.63) is 22.4 Å². The summed E-state index contributed by atoms with van der Waals surface area (Å²) in [4.78, 5) is 0. The third-order valence-electron chi connectivity index (χ3n) is 1.19. The molecule has 1 N–H and O–H groups in total. The van der Waals surface area contributed by atoms with E-state index in [4.69, 9.17) is 0 Å². The number of hydrogen-bond acceptors (Lipinski definition) is 1. The summed E-state index contributed by atoms with van der Waals surface area (Å²) in [6, 6.07) is 0. The van der Waals surface area contributed by atoms with Gasteiger partial charge in [-0.1, -0.05) is 0 Å². The zero-order chi connectivity index (χ0) is 9.46. The summed E-state index contributed by atoms with van der Waals surface area (Å²) in [6.07, 6.45) is 0. The van der Waals surface area contributed by atoms with Crippen LogP contribution in [0, 0.1) is 0 Å². The summed E-state index contributed by atoms with van der Waals surface area (Å²) in [5, 5.41) is 9.52. The molecule has 0 saturated heterocycles. The first-order valence-electron chi connectivity index (χ1n) is 2.67. The Morgan fingerprint density at radius 3 is 1.15 bits per heavy atom. The molecular formula is C6H2Br5NaO. The summed E-state index contributed by atoms with van der Waals surface area (Å²) in [5.41, 5.74) is 0. The summed E-state index contributed by atoms with van der Waals surface area (Å²) in [5.74, 6) is 0.164. The van der Waals surface area contributed by atoms with Gasteiger partial charge in [0.05, 0.1) is 17.9 Å². The van der Waals surface area contributed by atoms with Crippen molar-refractivity contribution >= 4 is 109 Å². The minimum atomic E-state index is 0. The molecule has 1 rings (SSSR count). The van der Waals surface area contributed by atoms with E-state index < -0.39 is 0 Å². The van der Waals surface area contributed by atoms with Gasteiger partial charge in [0.15, 0.2) is 0 Å². The predicted octanol–water partition coefficient (Wildman–Crippen LogP) is 4.56. The van der Waals surface area contributed by atoms with E-state index >= 15 is 0 Å². The fraction of sp³-hybridized carbons (Fsp3) is 0. The number of halogens is 5. The maximum absolute atomic E-state index is 9.52. The monoisotopic (exact) mass is 508 g/mol. The van der Waals surface area contributed by atoms with Crippen LogP contribution in [0.15, 0.2) is 22.4 Å². The zero-order valence-corrected chi connectivity index (χ0v) is 13.3. The molecule has 68 valence electrons. The number of hydrogen-bond donors (Lipinski definition) is 1. The fourth-order valence-electron chi connectivity index (χ4n) is 0.593. The average molecular weight is 513 g/mol. The second kappa shape index (κ2) is 6.23. The van der Waals surface area contributed by atoms with Crippen LogP contribution >= 0.6 is 79.6 Å². The van der Waals surface area contributed by atoms with Crippen LogP contribution in [-0.2, 0) is 0 Å². The Kier molecular flexibility index (Phi) is 7.39. The molecule has 0 fully saturated rings. The van der Waals surface area contributed by atoms with E-state index in [0.717, 1.165) is 13.4 Å².